The number of hydrogen-bond acceptors (Lipinski definition) is 3. The normalized spacial score (nSPS) is 14.9. The fraction of sp³-hybridized carbons (Fsp3) is 0.400. The first-order valence-electron chi connectivity index (χ1n) is 4.52. The highest BCUT2D eigenvalue weighted by atomic mass is 32.2. The van der Waals surface area contributed by atoms with Gasteiger partial charge in [-0.1, -0.05) is 6.07 Å². The van der Waals surface area contributed by atoms with Crippen molar-refractivity contribution in [1.29, 1.82) is 0 Å². The van der Waals surface area contributed by atoms with E-state index >= 15 is 0 Å². The van der Waals surface area contributed by atoms with Crippen molar-refractivity contribution in [3.8, 4) is 0 Å². The van der Waals surface area contributed by atoms with Gasteiger partial charge in [-0.3, -0.25) is 4.21 Å². The van der Waals surface area contributed by atoms with Crippen molar-refractivity contribution in [2.75, 3.05) is 19.5 Å². The number of benzene rings is 1. The SMILES string of the molecule is COCC(N)CS(=O)c1cccc(F)c1. The van der Waals surface area contributed by atoms with Gasteiger partial charge >= 0.3 is 0 Å². The summed E-state index contributed by atoms with van der Waals surface area (Å²) in [4.78, 5) is 0.460. The van der Waals surface area contributed by atoms with E-state index < -0.39 is 10.8 Å². The average molecular weight is 231 g/mol. The van der Waals surface area contributed by atoms with Gasteiger partial charge in [-0.25, -0.2) is 4.39 Å². The van der Waals surface area contributed by atoms with Crippen molar-refractivity contribution < 1.29 is 13.3 Å². The first-order valence-corrected chi connectivity index (χ1v) is 5.84. The van der Waals surface area contributed by atoms with Crippen molar-refractivity contribution in [2.45, 2.75) is 10.9 Å². The van der Waals surface area contributed by atoms with Crippen molar-refractivity contribution in [3.05, 3.63) is 30.1 Å². The highest BCUT2D eigenvalue weighted by Gasteiger charge is 2.10. The molecule has 0 spiro atoms. The minimum Gasteiger partial charge on any atom is -0.383 e. The molecule has 0 aliphatic heterocycles. The number of hydrogen-bond donors (Lipinski definition) is 1. The molecule has 3 nitrogen and oxygen atoms in total. The number of rotatable bonds is 5. The van der Waals surface area contributed by atoms with E-state index in [9.17, 15) is 8.60 Å². The zero-order valence-electron chi connectivity index (χ0n) is 8.48. The minimum absolute atomic E-state index is 0.275. The molecule has 0 aromatic heterocycles. The Morgan fingerprint density at radius 2 is 2.33 bits per heavy atom. The van der Waals surface area contributed by atoms with E-state index in [1.54, 1.807) is 6.07 Å². The average Bonchev–Trinajstić information content (AvgIpc) is 2.18. The van der Waals surface area contributed by atoms with Crippen LogP contribution in [0.2, 0.25) is 0 Å². The summed E-state index contributed by atoms with van der Waals surface area (Å²) in [5.41, 5.74) is 5.65. The number of ether oxygens (including phenoxy) is 1. The van der Waals surface area contributed by atoms with Crippen LogP contribution in [0.1, 0.15) is 0 Å². The third-order valence-electron chi connectivity index (χ3n) is 1.81. The highest BCUT2D eigenvalue weighted by molar-refractivity contribution is 7.85. The van der Waals surface area contributed by atoms with E-state index in [2.05, 4.69) is 0 Å². The van der Waals surface area contributed by atoms with Crippen molar-refractivity contribution in [3.63, 3.8) is 0 Å². The van der Waals surface area contributed by atoms with Gasteiger partial charge in [-0.2, -0.15) is 0 Å². The van der Waals surface area contributed by atoms with Crippen molar-refractivity contribution in [2.24, 2.45) is 5.73 Å². The molecule has 2 N–H and O–H groups in total. The van der Waals surface area contributed by atoms with E-state index in [4.69, 9.17) is 10.5 Å². The quantitative estimate of drug-likeness (QED) is 0.819. The molecule has 15 heavy (non-hydrogen) atoms. The second-order valence-electron chi connectivity index (χ2n) is 3.18. The van der Waals surface area contributed by atoms with Gasteiger partial charge in [0.25, 0.3) is 0 Å². The lowest BCUT2D eigenvalue weighted by Gasteiger charge is -2.09. The first kappa shape index (κ1) is 12.3. The van der Waals surface area contributed by atoms with Gasteiger partial charge in [0, 0.05) is 23.8 Å². The summed E-state index contributed by atoms with van der Waals surface area (Å²) >= 11 is 0. The summed E-state index contributed by atoms with van der Waals surface area (Å²) < 4.78 is 29.3. The summed E-state index contributed by atoms with van der Waals surface area (Å²) in [5.74, 6) is -0.113. The fourth-order valence-corrected chi connectivity index (χ4v) is 2.31. The minimum atomic E-state index is -1.27. The summed E-state index contributed by atoms with van der Waals surface area (Å²) in [6.07, 6.45) is 0. The van der Waals surface area contributed by atoms with E-state index in [0.29, 0.717) is 11.5 Å². The summed E-state index contributed by atoms with van der Waals surface area (Å²) in [6.45, 7) is 0.348. The molecule has 1 aromatic carbocycles. The monoisotopic (exact) mass is 231 g/mol. The van der Waals surface area contributed by atoms with Gasteiger partial charge in [0.1, 0.15) is 5.82 Å². The predicted molar refractivity (Wildman–Crippen MR) is 57.5 cm³/mol. The zero-order chi connectivity index (χ0) is 11.3. The number of methoxy groups -OCH3 is 1. The molecule has 1 rings (SSSR count). The van der Waals surface area contributed by atoms with Gasteiger partial charge in [-0.15, -0.1) is 0 Å². The molecule has 0 saturated heterocycles. The Labute approximate surface area is 90.9 Å². The Balaban J connectivity index is 2.61. The molecule has 1 aromatic rings. The smallest absolute Gasteiger partial charge is 0.124 e. The molecular formula is C10H14FNO2S. The first-order chi connectivity index (χ1) is 7.13. The maximum Gasteiger partial charge on any atom is 0.124 e. The van der Waals surface area contributed by atoms with Crippen LogP contribution in [-0.2, 0) is 15.5 Å². The lowest BCUT2D eigenvalue weighted by molar-refractivity contribution is 0.186. The third kappa shape index (κ3) is 4.07. The summed E-state index contributed by atoms with van der Waals surface area (Å²) in [6, 6.07) is 5.44. The van der Waals surface area contributed by atoms with Crippen molar-refractivity contribution >= 4 is 10.8 Å². The Kier molecular flexibility index (Phi) is 4.87. The van der Waals surface area contributed by atoms with Crippen LogP contribution in [0, 0.1) is 5.82 Å². The van der Waals surface area contributed by atoms with E-state index in [0.717, 1.165) is 0 Å². The van der Waals surface area contributed by atoms with Gasteiger partial charge < -0.3 is 10.5 Å². The second kappa shape index (κ2) is 5.95. The molecule has 0 bridgehead atoms. The maximum atomic E-state index is 12.8. The van der Waals surface area contributed by atoms with E-state index in [-0.39, 0.29) is 17.6 Å². The molecule has 0 amide bonds. The Hall–Kier alpha value is -0.780. The number of halogens is 1. The molecular weight excluding hydrogens is 217 g/mol. The van der Waals surface area contributed by atoms with Gasteiger partial charge in [0.05, 0.1) is 17.4 Å². The molecule has 0 radical (unpaired) electrons. The second-order valence-corrected chi connectivity index (χ2v) is 4.68. The predicted octanol–water partition coefficient (Wildman–Crippen LogP) is 0.907. The molecule has 2 atom stereocenters. The van der Waals surface area contributed by atoms with Crippen LogP contribution in [0.5, 0.6) is 0 Å². The molecule has 0 heterocycles. The van der Waals surface area contributed by atoms with Crippen LogP contribution in [-0.4, -0.2) is 29.7 Å². The van der Waals surface area contributed by atoms with Crippen LogP contribution in [0.25, 0.3) is 0 Å². The summed E-state index contributed by atoms with van der Waals surface area (Å²) in [5, 5.41) is 0. The Morgan fingerprint density at radius 3 is 2.93 bits per heavy atom. The Morgan fingerprint density at radius 1 is 1.60 bits per heavy atom. The number of nitrogens with two attached hydrogens (primary N) is 1. The molecule has 84 valence electrons. The largest absolute Gasteiger partial charge is 0.383 e. The molecule has 0 aliphatic rings. The van der Waals surface area contributed by atoms with E-state index in [1.807, 2.05) is 0 Å². The van der Waals surface area contributed by atoms with Crippen LogP contribution < -0.4 is 5.73 Å². The lowest BCUT2D eigenvalue weighted by atomic mass is 10.3. The lowest BCUT2D eigenvalue weighted by Crippen LogP contribution is -2.31. The van der Waals surface area contributed by atoms with Crippen LogP contribution >= 0.6 is 0 Å². The zero-order valence-corrected chi connectivity index (χ0v) is 9.30. The molecule has 2 unspecified atom stereocenters. The third-order valence-corrected chi connectivity index (χ3v) is 3.32. The molecule has 0 saturated carbocycles. The van der Waals surface area contributed by atoms with Gasteiger partial charge in [0.15, 0.2) is 0 Å². The van der Waals surface area contributed by atoms with Crippen LogP contribution in [0.15, 0.2) is 29.2 Å². The van der Waals surface area contributed by atoms with Gasteiger partial charge in [-0.05, 0) is 18.2 Å². The van der Waals surface area contributed by atoms with Gasteiger partial charge in [0.2, 0.25) is 0 Å². The van der Waals surface area contributed by atoms with Crippen LogP contribution in [0.4, 0.5) is 4.39 Å². The molecule has 0 fully saturated rings. The fourth-order valence-electron chi connectivity index (χ4n) is 1.16. The topological polar surface area (TPSA) is 52.3 Å². The highest BCUT2D eigenvalue weighted by Crippen LogP contribution is 2.09. The van der Waals surface area contributed by atoms with E-state index in [1.165, 1.54) is 25.3 Å². The Bertz CT molecular complexity index is 346. The maximum absolute atomic E-state index is 12.8. The molecule has 5 heteroatoms. The molecule has 0 aliphatic carbocycles. The van der Waals surface area contributed by atoms with Crippen molar-refractivity contribution in [1.82, 2.24) is 0 Å². The standard InChI is InChI=1S/C10H14FNO2S/c1-14-6-9(12)7-15(13)10-4-2-3-8(11)5-10/h2-5,9H,6-7,12H2,1H3. The van der Waals surface area contributed by atoms with Crippen LogP contribution in [0.3, 0.4) is 0 Å². The summed E-state index contributed by atoms with van der Waals surface area (Å²) in [7, 11) is 0.262.